The Kier molecular flexibility index (Phi) is 11.2. The monoisotopic (exact) mass is 560 g/mol. The van der Waals surface area contributed by atoms with Gasteiger partial charge in [-0.2, -0.15) is 0 Å². The van der Waals surface area contributed by atoms with Crippen LogP contribution in [0.5, 0.6) is 0 Å². The summed E-state index contributed by atoms with van der Waals surface area (Å²) in [6.45, 7) is 8.01. The van der Waals surface area contributed by atoms with E-state index >= 15 is 0 Å². The molecule has 8 heteroatoms. The Morgan fingerprint density at radius 1 is 0.825 bits per heavy atom. The molecule has 0 radical (unpaired) electrons. The number of amides is 3. The van der Waals surface area contributed by atoms with Gasteiger partial charge in [0.2, 0.25) is 17.7 Å². The molecular weight excluding hydrogens is 520 g/mol. The van der Waals surface area contributed by atoms with Crippen LogP contribution in [0.3, 0.4) is 0 Å². The van der Waals surface area contributed by atoms with Crippen LogP contribution < -0.4 is 21.3 Å². The minimum Gasteiger partial charge on any atom is -0.374 e. The number of aryl methyl sites for hydroxylation is 1. The Balaban J connectivity index is 1.59. The number of nitrogens with one attached hydrogen (secondary N) is 4. The molecular formula is C32H40N4O3S. The Bertz CT molecular complexity index is 1320. The first-order valence-electron chi connectivity index (χ1n) is 13.7. The van der Waals surface area contributed by atoms with E-state index in [1.165, 1.54) is 0 Å². The standard InChI is InChI=1S/C32H40N4O3S/c1-22(31(40)33-21-25-15-10-14-24-13-8-9-16-26(24)25)34-30(39)27(18-20-29(38)36-32(2,3)4)35-28(37)19-17-23-11-6-5-7-12-23/h5-16,22,27H,17-21H2,1-4H3,(H,33,40)(H,34,39)(H,35,37)(H,36,38)/t22-,27-/m0/s1. The minimum absolute atomic E-state index is 0.104. The second-order valence-corrected chi connectivity index (χ2v) is 11.5. The Morgan fingerprint density at radius 2 is 1.50 bits per heavy atom. The van der Waals surface area contributed by atoms with Gasteiger partial charge in [-0.3, -0.25) is 14.4 Å². The van der Waals surface area contributed by atoms with E-state index in [4.69, 9.17) is 12.2 Å². The van der Waals surface area contributed by atoms with E-state index in [2.05, 4.69) is 39.5 Å². The van der Waals surface area contributed by atoms with Crippen molar-refractivity contribution in [3.8, 4) is 0 Å². The van der Waals surface area contributed by atoms with Crippen LogP contribution in [0.25, 0.3) is 10.8 Å². The quantitative estimate of drug-likeness (QED) is 0.243. The molecule has 0 aliphatic heterocycles. The molecule has 3 rings (SSSR count). The Hall–Kier alpha value is -3.78. The molecule has 2 atom stereocenters. The lowest BCUT2D eigenvalue weighted by atomic mass is 10.0. The van der Waals surface area contributed by atoms with Crippen LogP contribution in [0, 0.1) is 0 Å². The van der Waals surface area contributed by atoms with Crippen LogP contribution in [0.4, 0.5) is 0 Å². The summed E-state index contributed by atoms with van der Waals surface area (Å²) in [5.41, 5.74) is 1.76. The highest BCUT2D eigenvalue weighted by Gasteiger charge is 2.25. The summed E-state index contributed by atoms with van der Waals surface area (Å²) in [6.07, 6.45) is 1.08. The summed E-state index contributed by atoms with van der Waals surface area (Å²) in [4.78, 5) is 39.0. The smallest absolute Gasteiger partial charge is 0.243 e. The van der Waals surface area contributed by atoms with E-state index in [9.17, 15) is 14.4 Å². The Labute approximate surface area is 242 Å². The predicted octanol–water partition coefficient (Wildman–Crippen LogP) is 4.57. The van der Waals surface area contributed by atoms with Crippen LogP contribution in [-0.2, 0) is 27.3 Å². The fraction of sp³-hybridized carbons (Fsp3) is 0.375. The number of rotatable bonds is 12. The van der Waals surface area contributed by atoms with E-state index in [1.807, 2.05) is 75.4 Å². The SMILES string of the molecule is C[C@H](NC(=O)[C@H](CCC(=O)NC(C)(C)C)NC(=O)CCc1ccccc1)C(=S)NCc1cccc2ccccc12. The van der Waals surface area contributed by atoms with Crippen molar-refractivity contribution in [2.45, 2.75) is 77.5 Å². The molecule has 0 heterocycles. The molecule has 0 aromatic heterocycles. The molecule has 0 aliphatic rings. The van der Waals surface area contributed by atoms with Crippen molar-refractivity contribution in [1.29, 1.82) is 0 Å². The zero-order valence-corrected chi connectivity index (χ0v) is 24.6. The van der Waals surface area contributed by atoms with E-state index in [-0.39, 0.29) is 42.5 Å². The zero-order chi connectivity index (χ0) is 29.1. The molecule has 3 aromatic carbocycles. The van der Waals surface area contributed by atoms with E-state index in [1.54, 1.807) is 6.92 Å². The van der Waals surface area contributed by atoms with Gasteiger partial charge in [0, 0.05) is 24.9 Å². The van der Waals surface area contributed by atoms with Crippen LogP contribution in [0.1, 0.15) is 58.1 Å². The molecule has 0 fully saturated rings. The van der Waals surface area contributed by atoms with Gasteiger partial charge in [-0.1, -0.05) is 85.0 Å². The largest absolute Gasteiger partial charge is 0.374 e. The van der Waals surface area contributed by atoms with Crippen molar-refractivity contribution in [2.24, 2.45) is 0 Å². The normalized spacial score (nSPS) is 12.7. The van der Waals surface area contributed by atoms with Crippen molar-refractivity contribution in [2.75, 3.05) is 0 Å². The summed E-state index contributed by atoms with van der Waals surface area (Å²) >= 11 is 5.58. The summed E-state index contributed by atoms with van der Waals surface area (Å²) in [6, 6.07) is 22.6. The van der Waals surface area contributed by atoms with Gasteiger partial charge in [0.05, 0.1) is 11.0 Å². The number of fused-ring (bicyclic) bond motifs is 1. The summed E-state index contributed by atoms with van der Waals surface area (Å²) < 4.78 is 0. The Morgan fingerprint density at radius 3 is 2.23 bits per heavy atom. The van der Waals surface area contributed by atoms with Crippen molar-refractivity contribution in [1.82, 2.24) is 21.3 Å². The molecule has 0 saturated heterocycles. The van der Waals surface area contributed by atoms with Gasteiger partial charge in [0.15, 0.2) is 0 Å². The maximum absolute atomic E-state index is 13.3. The van der Waals surface area contributed by atoms with Gasteiger partial charge in [-0.15, -0.1) is 0 Å². The lowest BCUT2D eigenvalue weighted by molar-refractivity contribution is -0.130. The lowest BCUT2D eigenvalue weighted by Gasteiger charge is -2.24. The topological polar surface area (TPSA) is 99.3 Å². The van der Waals surface area contributed by atoms with Gasteiger partial charge in [0.1, 0.15) is 6.04 Å². The third kappa shape index (κ3) is 10.1. The second-order valence-electron chi connectivity index (χ2n) is 11.0. The van der Waals surface area contributed by atoms with Gasteiger partial charge in [-0.05, 0) is 62.4 Å². The van der Waals surface area contributed by atoms with Gasteiger partial charge in [-0.25, -0.2) is 0 Å². The molecule has 0 aliphatic carbocycles. The summed E-state index contributed by atoms with van der Waals surface area (Å²) in [7, 11) is 0. The maximum atomic E-state index is 13.3. The van der Waals surface area contributed by atoms with Crippen LogP contribution in [0.15, 0.2) is 72.8 Å². The highest BCUT2D eigenvalue weighted by atomic mass is 32.1. The number of hydrogen-bond donors (Lipinski definition) is 4. The average molecular weight is 561 g/mol. The molecule has 4 N–H and O–H groups in total. The number of benzene rings is 3. The van der Waals surface area contributed by atoms with Crippen molar-refractivity contribution in [3.63, 3.8) is 0 Å². The van der Waals surface area contributed by atoms with Crippen LogP contribution in [0.2, 0.25) is 0 Å². The van der Waals surface area contributed by atoms with Crippen molar-refractivity contribution < 1.29 is 14.4 Å². The molecule has 3 amide bonds. The molecule has 40 heavy (non-hydrogen) atoms. The lowest BCUT2D eigenvalue weighted by Crippen LogP contribution is -2.52. The zero-order valence-electron chi connectivity index (χ0n) is 23.8. The second kappa shape index (κ2) is 14.6. The third-order valence-electron chi connectivity index (χ3n) is 6.39. The third-order valence-corrected chi connectivity index (χ3v) is 6.89. The van der Waals surface area contributed by atoms with E-state index in [0.717, 1.165) is 21.9 Å². The van der Waals surface area contributed by atoms with Crippen molar-refractivity contribution in [3.05, 3.63) is 83.9 Å². The number of thiocarbonyl (C=S) groups is 1. The molecule has 212 valence electrons. The highest BCUT2D eigenvalue weighted by molar-refractivity contribution is 7.80. The fourth-order valence-corrected chi connectivity index (χ4v) is 4.49. The predicted molar refractivity (Wildman–Crippen MR) is 165 cm³/mol. The van der Waals surface area contributed by atoms with Crippen LogP contribution in [-0.4, -0.2) is 40.3 Å². The number of hydrogen-bond acceptors (Lipinski definition) is 4. The average Bonchev–Trinajstić information content (AvgIpc) is 2.92. The number of carbonyl (C=O) groups is 3. The van der Waals surface area contributed by atoms with E-state index < -0.39 is 12.1 Å². The molecule has 0 saturated carbocycles. The summed E-state index contributed by atoms with van der Waals surface area (Å²) in [5, 5.41) is 14.2. The number of carbonyl (C=O) groups excluding carboxylic acids is 3. The molecule has 0 spiro atoms. The first-order valence-corrected chi connectivity index (χ1v) is 14.1. The van der Waals surface area contributed by atoms with Gasteiger partial charge in [0.25, 0.3) is 0 Å². The van der Waals surface area contributed by atoms with Gasteiger partial charge >= 0.3 is 0 Å². The molecule has 0 unspecified atom stereocenters. The summed E-state index contributed by atoms with van der Waals surface area (Å²) in [5.74, 6) is -0.799. The minimum atomic E-state index is -0.864. The maximum Gasteiger partial charge on any atom is 0.243 e. The first kappa shape index (κ1) is 30.8. The van der Waals surface area contributed by atoms with E-state index in [0.29, 0.717) is 18.0 Å². The van der Waals surface area contributed by atoms with Gasteiger partial charge < -0.3 is 21.3 Å². The molecule has 0 bridgehead atoms. The highest BCUT2D eigenvalue weighted by Crippen LogP contribution is 2.18. The first-order chi connectivity index (χ1) is 19.0. The van der Waals surface area contributed by atoms with Crippen molar-refractivity contribution >= 4 is 45.7 Å². The van der Waals surface area contributed by atoms with Crippen LogP contribution >= 0.6 is 12.2 Å². The molecule has 3 aromatic rings. The molecule has 7 nitrogen and oxygen atoms in total. The fourth-order valence-electron chi connectivity index (χ4n) is 4.36.